The van der Waals surface area contributed by atoms with Gasteiger partial charge in [0.2, 0.25) is 0 Å². The maximum Gasteiger partial charge on any atom is 0.417 e. The summed E-state index contributed by atoms with van der Waals surface area (Å²) in [6, 6.07) is 18.8. The van der Waals surface area contributed by atoms with Crippen LogP contribution < -0.4 is 20.5 Å². The van der Waals surface area contributed by atoms with Gasteiger partial charge in [0.15, 0.2) is 11.5 Å². The van der Waals surface area contributed by atoms with Gasteiger partial charge in [0.25, 0.3) is 5.91 Å². The average molecular weight is 551 g/mol. The Bertz CT molecular complexity index is 1670. The molecule has 11 heteroatoms. The van der Waals surface area contributed by atoms with Crippen LogP contribution in [0.25, 0.3) is 32.6 Å². The number of halogens is 3. The predicted octanol–water partition coefficient (Wildman–Crippen LogP) is 6.90. The Morgan fingerprint density at radius 3 is 2.33 bits per heavy atom. The zero-order valence-electron chi connectivity index (χ0n) is 20.7. The highest BCUT2D eigenvalue weighted by Crippen LogP contribution is 2.42. The van der Waals surface area contributed by atoms with Gasteiger partial charge < -0.3 is 20.5 Å². The molecule has 2 aromatic carbocycles. The van der Waals surface area contributed by atoms with E-state index in [1.807, 2.05) is 48.5 Å². The number of nitrogens with one attached hydrogen (secondary N) is 1. The number of aromatic nitrogens is 2. The summed E-state index contributed by atoms with van der Waals surface area (Å²) in [6.45, 7) is 0. The van der Waals surface area contributed by atoms with Crippen molar-refractivity contribution < 1.29 is 27.4 Å². The van der Waals surface area contributed by atoms with Gasteiger partial charge in [0.05, 0.1) is 31.2 Å². The molecule has 0 unspecified atom stereocenters. The van der Waals surface area contributed by atoms with Crippen molar-refractivity contribution in [1.29, 1.82) is 0 Å². The van der Waals surface area contributed by atoms with E-state index in [0.717, 1.165) is 40.2 Å². The monoisotopic (exact) mass is 550 g/mol. The molecule has 0 fully saturated rings. The van der Waals surface area contributed by atoms with Crippen molar-refractivity contribution in [2.45, 2.75) is 6.18 Å². The van der Waals surface area contributed by atoms with E-state index in [9.17, 15) is 18.0 Å². The first-order valence-corrected chi connectivity index (χ1v) is 12.4. The number of methoxy groups -OCH3 is 2. The minimum atomic E-state index is -4.53. The van der Waals surface area contributed by atoms with Gasteiger partial charge in [-0.25, -0.2) is 9.97 Å². The van der Waals surface area contributed by atoms with E-state index in [0.29, 0.717) is 33.6 Å². The minimum Gasteiger partial charge on any atom is -0.493 e. The molecule has 0 bridgehead atoms. The number of nitrogen functional groups attached to an aromatic ring is 1. The molecule has 0 saturated carbocycles. The predicted molar refractivity (Wildman–Crippen MR) is 145 cm³/mol. The van der Waals surface area contributed by atoms with E-state index in [4.69, 9.17) is 20.2 Å². The number of hydrogen-bond donors (Lipinski definition) is 2. The summed E-state index contributed by atoms with van der Waals surface area (Å²) in [5, 5.41) is 3.12. The van der Waals surface area contributed by atoms with Gasteiger partial charge in [-0.05, 0) is 47.5 Å². The van der Waals surface area contributed by atoms with Crippen molar-refractivity contribution in [2.24, 2.45) is 0 Å². The fourth-order valence-electron chi connectivity index (χ4n) is 4.09. The highest BCUT2D eigenvalue weighted by Gasteiger charge is 2.31. The topological polar surface area (TPSA) is 99.4 Å². The van der Waals surface area contributed by atoms with E-state index in [1.54, 1.807) is 20.3 Å². The van der Waals surface area contributed by atoms with Gasteiger partial charge in [0.1, 0.15) is 15.5 Å². The number of alkyl halides is 3. The number of ether oxygens (including phenoxy) is 2. The van der Waals surface area contributed by atoms with Gasteiger partial charge in [-0.2, -0.15) is 13.2 Å². The van der Waals surface area contributed by atoms with Crippen molar-refractivity contribution in [3.63, 3.8) is 0 Å². The molecule has 0 spiro atoms. The summed E-state index contributed by atoms with van der Waals surface area (Å²) < 4.78 is 49.4. The number of rotatable bonds is 6. The molecular formula is C28H21F3N4O3S. The number of hydrogen-bond acceptors (Lipinski definition) is 7. The molecular weight excluding hydrogens is 529 g/mol. The van der Waals surface area contributed by atoms with Crippen molar-refractivity contribution in [3.05, 3.63) is 83.4 Å². The first kappa shape index (κ1) is 26.0. The number of pyridine rings is 2. The zero-order chi connectivity index (χ0) is 27.7. The first-order chi connectivity index (χ1) is 18.7. The molecule has 1 amide bonds. The second-order valence-corrected chi connectivity index (χ2v) is 9.40. The number of anilines is 2. The van der Waals surface area contributed by atoms with Crippen LogP contribution >= 0.6 is 11.3 Å². The van der Waals surface area contributed by atoms with Crippen LogP contribution in [0.1, 0.15) is 15.2 Å². The molecule has 0 aliphatic rings. The largest absolute Gasteiger partial charge is 0.493 e. The number of thiophene rings is 1. The molecule has 0 aliphatic heterocycles. The number of fused-ring (bicyclic) bond motifs is 1. The molecule has 39 heavy (non-hydrogen) atoms. The second kappa shape index (κ2) is 10.3. The lowest BCUT2D eigenvalue weighted by atomic mass is 9.99. The molecule has 0 radical (unpaired) electrons. The smallest absolute Gasteiger partial charge is 0.417 e. The van der Waals surface area contributed by atoms with Gasteiger partial charge in [-0.15, -0.1) is 11.3 Å². The van der Waals surface area contributed by atoms with E-state index in [1.165, 1.54) is 0 Å². The number of nitrogens with two attached hydrogens (primary N) is 1. The lowest BCUT2D eigenvalue weighted by Crippen LogP contribution is -2.14. The maximum atomic E-state index is 13.1. The van der Waals surface area contributed by atoms with Crippen LogP contribution in [0, 0.1) is 0 Å². The van der Waals surface area contributed by atoms with Crippen molar-refractivity contribution in [1.82, 2.24) is 9.97 Å². The van der Waals surface area contributed by atoms with Crippen LogP contribution in [0.2, 0.25) is 0 Å². The Kier molecular flexibility index (Phi) is 6.83. The highest BCUT2D eigenvalue weighted by molar-refractivity contribution is 7.21. The van der Waals surface area contributed by atoms with Gasteiger partial charge in [-0.3, -0.25) is 4.79 Å². The van der Waals surface area contributed by atoms with Crippen LogP contribution in [0.5, 0.6) is 11.5 Å². The number of carbonyl (C=O) groups is 1. The third-order valence-corrected chi connectivity index (χ3v) is 7.10. The highest BCUT2D eigenvalue weighted by atomic mass is 32.1. The SMILES string of the molecule is COc1ccc(-c2cc(-c3ccccc3)c3c(N)c(C(=O)Nc4ccc(C(F)(F)F)cn4)sc3n2)cc1OC. The normalized spacial score (nSPS) is 11.4. The van der Waals surface area contributed by atoms with Crippen molar-refractivity contribution in [3.8, 4) is 33.9 Å². The fourth-order valence-corrected chi connectivity index (χ4v) is 5.10. The number of nitrogens with zero attached hydrogens (tertiary/aromatic N) is 2. The molecule has 5 aromatic rings. The molecule has 0 aliphatic carbocycles. The summed E-state index contributed by atoms with van der Waals surface area (Å²) in [6.07, 6.45) is -3.87. The number of amides is 1. The average Bonchev–Trinajstić information content (AvgIpc) is 3.28. The summed E-state index contributed by atoms with van der Waals surface area (Å²) in [7, 11) is 3.10. The van der Waals surface area contributed by atoms with Gasteiger partial charge >= 0.3 is 6.18 Å². The van der Waals surface area contributed by atoms with Crippen LogP contribution in [0.4, 0.5) is 24.7 Å². The number of benzene rings is 2. The summed E-state index contributed by atoms with van der Waals surface area (Å²) in [4.78, 5) is 22.3. The zero-order valence-corrected chi connectivity index (χ0v) is 21.5. The molecule has 3 aromatic heterocycles. The van der Waals surface area contributed by atoms with E-state index in [-0.39, 0.29) is 16.4 Å². The second-order valence-electron chi connectivity index (χ2n) is 8.40. The summed E-state index contributed by atoms with van der Waals surface area (Å²) >= 11 is 1.08. The molecule has 3 N–H and O–H groups in total. The van der Waals surface area contributed by atoms with Crippen LogP contribution in [0.15, 0.2) is 72.9 Å². The van der Waals surface area contributed by atoms with Gasteiger partial charge in [0, 0.05) is 17.1 Å². The molecule has 7 nitrogen and oxygen atoms in total. The van der Waals surface area contributed by atoms with E-state index < -0.39 is 17.6 Å². The summed E-state index contributed by atoms with van der Waals surface area (Å²) in [5.74, 6) is 0.469. The van der Waals surface area contributed by atoms with Crippen LogP contribution in [0.3, 0.4) is 0 Å². The Hall–Kier alpha value is -4.64. The van der Waals surface area contributed by atoms with Crippen LogP contribution in [-0.4, -0.2) is 30.1 Å². The quantitative estimate of drug-likeness (QED) is 0.239. The third kappa shape index (κ3) is 5.08. The Morgan fingerprint density at radius 1 is 0.949 bits per heavy atom. The van der Waals surface area contributed by atoms with Crippen LogP contribution in [-0.2, 0) is 6.18 Å². The Labute approximate surface area is 225 Å². The lowest BCUT2D eigenvalue weighted by Gasteiger charge is -2.11. The molecule has 198 valence electrons. The molecule has 0 atom stereocenters. The first-order valence-electron chi connectivity index (χ1n) is 11.5. The number of carbonyl (C=O) groups excluding carboxylic acids is 1. The Morgan fingerprint density at radius 2 is 1.69 bits per heavy atom. The Balaban J connectivity index is 1.60. The molecule has 0 saturated heterocycles. The van der Waals surface area contributed by atoms with Crippen molar-refractivity contribution >= 4 is 39.0 Å². The minimum absolute atomic E-state index is 0.0351. The maximum absolute atomic E-state index is 13.1. The third-order valence-electron chi connectivity index (χ3n) is 6.00. The molecule has 3 heterocycles. The van der Waals surface area contributed by atoms with E-state index >= 15 is 0 Å². The molecule has 5 rings (SSSR count). The fraction of sp³-hybridized carbons (Fsp3) is 0.107. The van der Waals surface area contributed by atoms with Gasteiger partial charge in [-0.1, -0.05) is 30.3 Å². The lowest BCUT2D eigenvalue weighted by molar-refractivity contribution is -0.137. The summed E-state index contributed by atoms with van der Waals surface area (Å²) in [5.41, 5.74) is 8.81. The van der Waals surface area contributed by atoms with Crippen molar-refractivity contribution in [2.75, 3.05) is 25.3 Å². The van der Waals surface area contributed by atoms with E-state index in [2.05, 4.69) is 10.3 Å². The standard InChI is InChI=1S/C28H21F3N4O3S/c1-37-20-10-8-16(12-21(20)38-2)19-13-18(15-6-4-3-5-7-15)23-24(32)25(39-27(23)34-19)26(36)35-22-11-9-17(14-33-22)28(29,30)31/h3-14H,32H2,1-2H3,(H,33,35,36).